The zero-order valence-electron chi connectivity index (χ0n) is 14.5. The monoisotopic (exact) mass is 370 g/mol. The van der Waals surface area contributed by atoms with E-state index in [2.05, 4.69) is 20.8 Å². The van der Waals surface area contributed by atoms with Crippen LogP contribution in [-0.2, 0) is 11.2 Å². The van der Waals surface area contributed by atoms with Crippen molar-refractivity contribution in [2.45, 2.75) is 26.3 Å². The normalized spacial score (nSPS) is 11.8. The number of anilines is 2. The van der Waals surface area contributed by atoms with Gasteiger partial charge in [0.2, 0.25) is 11.0 Å². The molecule has 3 rings (SSSR count). The molecule has 0 unspecified atom stereocenters. The molecule has 0 bridgehead atoms. The third kappa shape index (κ3) is 4.86. The van der Waals surface area contributed by atoms with Crippen molar-refractivity contribution >= 4 is 28.1 Å². The Labute approximate surface area is 155 Å². The first-order valence-corrected chi connectivity index (χ1v) is 9.02. The number of rotatable bonds is 6. The Kier molecular flexibility index (Phi) is 5.58. The first-order chi connectivity index (χ1) is 12.5. The molecule has 0 fully saturated rings. The van der Waals surface area contributed by atoms with Gasteiger partial charge < -0.3 is 10.6 Å². The number of nitrogens with one attached hydrogen (secondary N) is 2. The number of hydrogen-bond acceptors (Lipinski definition) is 5. The van der Waals surface area contributed by atoms with E-state index in [1.54, 1.807) is 12.1 Å². The van der Waals surface area contributed by atoms with Crippen molar-refractivity contribution in [3.05, 3.63) is 70.5 Å². The first-order valence-electron chi connectivity index (χ1n) is 8.20. The summed E-state index contributed by atoms with van der Waals surface area (Å²) in [6, 6.07) is 13.8. The van der Waals surface area contributed by atoms with Gasteiger partial charge in [-0.1, -0.05) is 35.6 Å². The standard InChI is InChI=1S/C19H19FN4OS/c1-12-4-3-5-16(10-12)22-19-24-23-18(26-19)11-17(25)21-13(2)14-6-8-15(20)9-7-14/h3-10,13H,11H2,1-2H3,(H,21,25)(H,22,24)/t13-/m1/s1. The second-order valence-corrected chi connectivity index (χ2v) is 7.08. The van der Waals surface area contributed by atoms with Crippen molar-refractivity contribution in [3.8, 4) is 0 Å². The summed E-state index contributed by atoms with van der Waals surface area (Å²) in [6.07, 6.45) is 0.151. The number of aryl methyl sites for hydroxylation is 1. The van der Waals surface area contributed by atoms with Gasteiger partial charge in [0.15, 0.2) is 0 Å². The van der Waals surface area contributed by atoms with Crippen LogP contribution in [0.3, 0.4) is 0 Å². The zero-order chi connectivity index (χ0) is 18.5. The Morgan fingerprint density at radius 1 is 1.19 bits per heavy atom. The van der Waals surface area contributed by atoms with Gasteiger partial charge in [-0.3, -0.25) is 4.79 Å². The van der Waals surface area contributed by atoms with Crippen LogP contribution in [0.4, 0.5) is 15.2 Å². The maximum Gasteiger partial charge on any atom is 0.227 e. The third-order valence-corrected chi connectivity index (χ3v) is 4.63. The highest BCUT2D eigenvalue weighted by Gasteiger charge is 2.13. The van der Waals surface area contributed by atoms with Gasteiger partial charge in [0.05, 0.1) is 12.5 Å². The minimum atomic E-state index is -0.297. The lowest BCUT2D eigenvalue weighted by Gasteiger charge is -2.13. The fourth-order valence-corrected chi connectivity index (χ4v) is 3.25. The maximum atomic E-state index is 13.0. The van der Waals surface area contributed by atoms with Gasteiger partial charge in [-0.25, -0.2) is 4.39 Å². The molecule has 1 atom stereocenters. The van der Waals surface area contributed by atoms with Crippen LogP contribution >= 0.6 is 11.3 Å². The van der Waals surface area contributed by atoms with Crippen molar-refractivity contribution in [2.75, 3.05) is 5.32 Å². The van der Waals surface area contributed by atoms with Gasteiger partial charge in [0.1, 0.15) is 10.8 Å². The third-order valence-electron chi connectivity index (χ3n) is 3.80. The molecule has 7 heteroatoms. The average Bonchev–Trinajstić information content (AvgIpc) is 3.02. The highest BCUT2D eigenvalue weighted by Crippen LogP contribution is 2.22. The second-order valence-electron chi connectivity index (χ2n) is 6.01. The molecule has 1 heterocycles. The highest BCUT2D eigenvalue weighted by molar-refractivity contribution is 7.15. The molecular weight excluding hydrogens is 351 g/mol. The smallest absolute Gasteiger partial charge is 0.227 e. The number of carbonyl (C=O) groups is 1. The van der Waals surface area contributed by atoms with Crippen molar-refractivity contribution in [2.24, 2.45) is 0 Å². The number of aromatic nitrogens is 2. The molecule has 0 saturated carbocycles. The van der Waals surface area contributed by atoms with Gasteiger partial charge in [-0.2, -0.15) is 0 Å². The molecule has 0 radical (unpaired) electrons. The fraction of sp³-hybridized carbons (Fsp3) is 0.211. The van der Waals surface area contributed by atoms with E-state index in [9.17, 15) is 9.18 Å². The summed E-state index contributed by atoms with van der Waals surface area (Å²) in [4.78, 5) is 12.2. The van der Waals surface area contributed by atoms with Gasteiger partial charge in [-0.05, 0) is 49.2 Å². The van der Waals surface area contributed by atoms with E-state index in [-0.39, 0.29) is 24.2 Å². The van der Waals surface area contributed by atoms with E-state index in [1.165, 1.54) is 23.5 Å². The van der Waals surface area contributed by atoms with Crippen molar-refractivity contribution in [1.29, 1.82) is 0 Å². The summed E-state index contributed by atoms with van der Waals surface area (Å²) in [5, 5.41) is 15.5. The van der Waals surface area contributed by atoms with Crippen LogP contribution in [0.15, 0.2) is 48.5 Å². The zero-order valence-corrected chi connectivity index (χ0v) is 15.3. The van der Waals surface area contributed by atoms with E-state index in [0.717, 1.165) is 16.8 Å². The van der Waals surface area contributed by atoms with E-state index in [4.69, 9.17) is 0 Å². The molecule has 2 aromatic carbocycles. The lowest BCUT2D eigenvalue weighted by Crippen LogP contribution is -2.28. The summed E-state index contributed by atoms with van der Waals surface area (Å²) < 4.78 is 13.0. The number of hydrogen-bond donors (Lipinski definition) is 2. The fourth-order valence-electron chi connectivity index (χ4n) is 2.49. The number of amides is 1. The predicted octanol–water partition coefficient (Wildman–Crippen LogP) is 4.15. The van der Waals surface area contributed by atoms with Crippen LogP contribution in [0.5, 0.6) is 0 Å². The molecule has 1 amide bonds. The molecule has 5 nitrogen and oxygen atoms in total. The molecule has 0 spiro atoms. The molecule has 134 valence electrons. The summed E-state index contributed by atoms with van der Waals surface area (Å²) in [6.45, 7) is 3.87. The molecule has 0 aliphatic carbocycles. The molecule has 0 aliphatic rings. The lowest BCUT2D eigenvalue weighted by atomic mass is 10.1. The number of benzene rings is 2. The first kappa shape index (κ1) is 18.0. The van der Waals surface area contributed by atoms with Crippen LogP contribution in [0.1, 0.15) is 29.1 Å². The van der Waals surface area contributed by atoms with Crippen molar-refractivity contribution in [3.63, 3.8) is 0 Å². The molecular formula is C19H19FN4OS. The topological polar surface area (TPSA) is 66.9 Å². The molecule has 2 N–H and O–H groups in total. The Hall–Kier alpha value is -2.80. The quantitative estimate of drug-likeness (QED) is 0.684. The van der Waals surface area contributed by atoms with E-state index >= 15 is 0 Å². The molecule has 3 aromatic rings. The van der Waals surface area contributed by atoms with Crippen LogP contribution in [0, 0.1) is 12.7 Å². The Morgan fingerprint density at radius 3 is 2.69 bits per heavy atom. The minimum absolute atomic E-state index is 0.151. The van der Waals surface area contributed by atoms with E-state index in [0.29, 0.717) is 10.1 Å². The molecule has 0 aliphatic heterocycles. The number of carbonyl (C=O) groups excluding carboxylic acids is 1. The summed E-state index contributed by atoms with van der Waals surface area (Å²) >= 11 is 1.34. The highest BCUT2D eigenvalue weighted by atomic mass is 32.1. The largest absolute Gasteiger partial charge is 0.349 e. The number of nitrogens with zero attached hydrogens (tertiary/aromatic N) is 2. The molecule has 0 saturated heterocycles. The lowest BCUT2D eigenvalue weighted by molar-refractivity contribution is -0.121. The Balaban J connectivity index is 1.56. The van der Waals surface area contributed by atoms with Gasteiger partial charge in [0, 0.05) is 5.69 Å². The molecule has 26 heavy (non-hydrogen) atoms. The van der Waals surface area contributed by atoms with Crippen molar-refractivity contribution in [1.82, 2.24) is 15.5 Å². The average molecular weight is 370 g/mol. The van der Waals surface area contributed by atoms with Crippen molar-refractivity contribution < 1.29 is 9.18 Å². The van der Waals surface area contributed by atoms with Gasteiger partial charge >= 0.3 is 0 Å². The van der Waals surface area contributed by atoms with Gasteiger partial charge in [0.25, 0.3) is 0 Å². The minimum Gasteiger partial charge on any atom is -0.349 e. The van der Waals surface area contributed by atoms with Crippen LogP contribution in [0.25, 0.3) is 0 Å². The van der Waals surface area contributed by atoms with Crippen LogP contribution in [0.2, 0.25) is 0 Å². The SMILES string of the molecule is Cc1cccc(Nc2nnc(CC(=O)N[C@H](C)c3ccc(F)cc3)s2)c1. The van der Waals surface area contributed by atoms with Crippen LogP contribution in [-0.4, -0.2) is 16.1 Å². The predicted molar refractivity (Wildman–Crippen MR) is 101 cm³/mol. The second kappa shape index (κ2) is 8.05. The van der Waals surface area contributed by atoms with E-state index < -0.39 is 0 Å². The summed E-state index contributed by atoms with van der Waals surface area (Å²) in [7, 11) is 0. The molecule has 1 aromatic heterocycles. The summed E-state index contributed by atoms with van der Waals surface area (Å²) in [5.41, 5.74) is 2.93. The maximum absolute atomic E-state index is 13.0. The van der Waals surface area contributed by atoms with Crippen LogP contribution < -0.4 is 10.6 Å². The Morgan fingerprint density at radius 2 is 1.96 bits per heavy atom. The van der Waals surface area contributed by atoms with E-state index in [1.807, 2.05) is 38.1 Å². The Bertz CT molecular complexity index is 895. The van der Waals surface area contributed by atoms with Gasteiger partial charge in [-0.15, -0.1) is 10.2 Å². The number of halogens is 1. The summed E-state index contributed by atoms with van der Waals surface area (Å²) in [5.74, 6) is -0.449.